The van der Waals surface area contributed by atoms with Crippen molar-refractivity contribution in [2.24, 2.45) is 5.92 Å². The zero-order valence-electron chi connectivity index (χ0n) is 17.9. The highest BCUT2D eigenvalue weighted by Crippen LogP contribution is 2.31. The quantitative estimate of drug-likeness (QED) is 0.612. The third kappa shape index (κ3) is 6.06. The van der Waals surface area contributed by atoms with Gasteiger partial charge in [-0.15, -0.1) is 0 Å². The monoisotopic (exact) mass is 435 g/mol. The lowest BCUT2D eigenvalue weighted by atomic mass is 9.91. The van der Waals surface area contributed by atoms with Gasteiger partial charge in [-0.25, -0.2) is 0 Å². The number of allylic oxidation sites excluding steroid dienone is 3. The number of hydrogen-bond acceptors (Lipinski definition) is 5. The fourth-order valence-electron chi connectivity index (χ4n) is 3.51. The van der Waals surface area contributed by atoms with Gasteiger partial charge in [-0.1, -0.05) is 49.3 Å². The standard InChI is InChI=1S/C22H30ClN3O4/c1-6-16(8-7-14(4)23)11-24-21(28)18-10-17(27)12-26(18)22(29)20(13(2)3)19-9-15(5)25-30-19/h6-9,13,17-18,20,27H,4,10-12H2,1-3,5H3,(H,24,28)/b8-7-,16-6+. The van der Waals surface area contributed by atoms with E-state index in [0.29, 0.717) is 16.5 Å². The van der Waals surface area contributed by atoms with Crippen LogP contribution in [0.4, 0.5) is 0 Å². The number of carbonyl (C=O) groups excluding carboxylic acids is 2. The van der Waals surface area contributed by atoms with Crippen molar-refractivity contribution in [2.45, 2.75) is 52.2 Å². The third-order valence-corrected chi connectivity index (χ3v) is 5.19. The maximum atomic E-state index is 13.3. The Morgan fingerprint density at radius 2 is 2.17 bits per heavy atom. The van der Waals surface area contributed by atoms with Gasteiger partial charge in [0.2, 0.25) is 11.8 Å². The van der Waals surface area contributed by atoms with Gasteiger partial charge in [0.15, 0.2) is 0 Å². The Hall–Kier alpha value is -2.38. The fourth-order valence-corrected chi connectivity index (χ4v) is 3.57. The summed E-state index contributed by atoms with van der Waals surface area (Å²) in [7, 11) is 0. The lowest BCUT2D eigenvalue weighted by Gasteiger charge is -2.28. The molecule has 2 amide bonds. The minimum Gasteiger partial charge on any atom is -0.391 e. The maximum absolute atomic E-state index is 13.3. The second-order valence-electron chi connectivity index (χ2n) is 7.85. The van der Waals surface area contributed by atoms with Crippen molar-refractivity contribution in [2.75, 3.05) is 13.1 Å². The minimum absolute atomic E-state index is 0.0604. The number of rotatable bonds is 8. The molecule has 164 valence electrons. The molecule has 3 unspecified atom stereocenters. The molecular weight excluding hydrogens is 406 g/mol. The summed E-state index contributed by atoms with van der Waals surface area (Å²) in [4.78, 5) is 27.6. The van der Waals surface area contributed by atoms with Crippen LogP contribution < -0.4 is 5.32 Å². The Balaban J connectivity index is 2.14. The van der Waals surface area contributed by atoms with Gasteiger partial charge in [-0.05, 0) is 31.4 Å². The number of carbonyl (C=O) groups is 2. The average molecular weight is 436 g/mol. The molecule has 7 nitrogen and oxygen atoms in total. The molecule has 30 heavy (non-hydrogen) atoms. The van der Waals surface area contributed by atoms with Gasteiger partial charge in [0.05, 0.1) is 11.8 Å². The van der Waals surface area contributed by atoms with Gasteiger partial charge in [-0.3, -0.25) is 9.59 Å². The summed E-state index contributed by atoms with van der Waals surface area (Å²) in [6.45, 7) is 11.4. The lowest BCUT2D eigenvalue weighted by molar-refractivity contribution is -0.140. The topological polar surface area (TPSA) is 95.7 Å². The van der Waals surface area contributed by atoms with Crippen LogP contribution in [0.5, 0.6) is 0 Å². The maximum Gasteiger partial charge on any atom is 0.243 e. The number of β-amino-alcohol motifs (C(OH)–C–C–N with tert-alkyl or cyclic N) is 1. The van der Waals surface area contributed by atoms with E-state index in [-0.39, 0.29) is 37.2 Å². The molecule has 2 N–H and O–H groups in total. The molecule has 0 radical (unpaired) electrons. The van der Waals surface area contributed by atoms with Gasteiger partial charge < -0.3 is 19.8 Å². The van der Waals surface area contributed by atoms with Gasteiger partial charge in [0.25, 0.3) is 0 Å². The minimum atomic E-state index is -0.755. The molecule has 2 heterocycles. The molecule has 1 aliphatic heterocycles. The smallest absolute Gasteiger partial charge is 0.243 e. The van der Waals surface area contributed by atoms with E-state index in [1.807, 2.05) is 26.8 Å². The van der Waals surface area contributed by atoms with E-state index in [4.69, 9.17) is 16.1 Å². The molecule has 2 rings (SSSR count). The van der Waals surface area contributed by atoms with Crippen molar-refractivity contribution in [3.05, 3.63) is 52.9 Å². The molecule has 8 heteroatoms. The van der Waals surface area contributed by atoms with Gasteiger partial charge >= 0.3 is 0 Å². The molecule has 0 aromatic carbocycles. The van der Waals surface area contributed by atoms with Crippen molar-refractivity contribution in [1.29, 1.82) is 0 Å². The van der Waals surface area contributed by atoms with Crippen molar-refractivity contribution < 1.29 is 19.2 Å². The van der Waals surface area contributed by atoms with Crippen LogP contribution in [0.1, 0.15) is 44.6 Å². The second-order valence-corrected chi connectivity index (χ2v) is 8.34. The Morgan fingerprint density at radius 3 is 2.70 bits per heavy atom. The summed E-state index contributed by atoms with van der Waals surface area (Å²) in [6, 6.07) is 0.988. The van der Waals surface area contributed by atoms with Crippen LogP contribution >= 0.6 is 11.6 Å². The van der Waals surface area contributed by atoms with E-state index < -0.39 is 18.1 Å². The molecule has 0 spiro atoms. The van der Waals surface area contributed by atoms with Crippen LogP contribution in [0.25, 0.3) is 0 Å². The predicted octanol–water partition coefficient (Wildman–Crippen LogP) is 3.06. The van der Waals surface area contributed by atoms with E-state index in [1.54, 1.807) is 25.1 Å². The van der Waals surface area contributed by atoms with Crippen molar-refractivity contribution in [1.82, 2.24) is 15.4 Å². The summed E-state index contributed by atoms with van der Waals surface area (Å²) in [5, 5.41) is 17.3. The highest BCUT2D eigenvalue weighted by molar-refractivity contribution is 6.30. The number of hydrogen-bond donors (Lipinski definition) is 2. The molecule has 1 aromatic heterocycles. The van der Waals surface area contributed by atoms with Crippen LogP contribution in [0.2, 0.25) is 0 Å². The summed E-state index contributed by atoms with van der Waals surface area (Å²) in [6.07, 6.45) is 4.70. The zero-order chi connectivity index (χ0) is 22.4. The van der Waals surface area contributed by atoms with Crippen molar-refractivity contribution >= 4 is 23.4 Å². The van der Waals surface area contributed by atoms with E-state index >= 15 is 0 Å². The molecule has 1 aliphatic rings. The summed E-state index contributed by atoms with van der Waals surface area (Å²) in [5.41, 5.74) is 1.53. The zero-order valence-corrected chi connectivity index (χ0v) is 18.6. The lowest BCUT2D eigenvalue weighted by Crippen LogP contribution is -2.48. The number of aliphatic hydroxyl groups is 1. The molecule has 0 bridgehead atoms. The number of nitrogens with one attached hydrogen (secondary N) is 1. The Kier molecular flexibility index (Phi) is 8.43. The van der Waals surface area contributed by atoms with Crippen LogP contribution in [0.15, 0.2) is 46.0 Å². The molecule has 1 aromatic rings. The van der Waals surface area contributed by atoms with Crippen LogP contribution in [0, 0.1) is 12.8 Å². The first-order valence-electron chi connectivity index (χ1n) is 10.0. The highest BCUT2D eigenvalue weighted by Gasteiger charge is 2.43. The second kappa shape index (κ2) is 10.6. The molecule has 0 saturated carbocycles. The van der Waals surface area contributed by atoms with Crippen LogP contribution in [-0.2, 0) is 9.59 Å². The summed E-state index contributed by atoms with van der Waals surface area (Å²) >= 11 is 5.74. The van der Waals surface area contributed by atoms with E-state index in [0.717, 1.165) is 5.57 Å². The number of likely N-dealkylation sites (tertiary alicyclic amines) is 1. The normalized spacial score (nSPS) is 20.8. The number of aryl methyl sites for hydroxylation is 1. The number of halogens is 1. The third-order valence-electron chi connectivity index (χ3n) is 5.07. The Labute approximate surface area is 182 Å². The first kappa shape index (κ1) is 23.9. The fraction of sp³-hybridized carbons (Fsp3) is 0.500. The number of nitrogens with zero attached hydrogens (tertiary/aromatic N) is 2. The number of amides is 2. The van der Waals surface area contributed by atoms with Crippen LogP contribution in [-0.4, -0.2) is 52.2 Å². The Bertz CT molecular complexity index is 843. The van der Waals surface area contributed by atoms with Crippen molar-refractivity contribution in [3.63, 3.8) is 0 Å². The first-order chi connectivity index (χ1) is 14.1. The summed E-state index contributed by atoms with van der Waals surface area (Å²) < 4.78 is 5.34. The van der Waals surface area contributed by atoms with Crippen molar-refractivity contribution in [3.8, 4) is 0 Å². The molecule has 0 aliphatic carbocycles. The molecule has 3 atom stereocenters. The number of aliphatic hydroxyl groups excluding tert-OH is 1. The SMILES string of the molecule is C=C(Cl)/C=C\C(=C/C)CNC(=O)C1CC(O)CN1C(=O)C(c1cc(C)no1)C(C)C. The van der Waals surface area contributed by atoms with Gasteiger partial charge in [0, 0.05) is 30.6 Å². The highest BCUT2D eigenvalue weighted by atomic mass is 35.5. The average Bonchev–Trinajstić information content (AvgIpc) is 3.27. The van der Waals surface area contributed by atoms with Gasteiger partial charge in [-0.2, -0.15) is 0 Å². The number of aromatic nitrogens is 1. The largest absolute Gasteiger partial charge is 0.391 e. The molecule has 1 saturated heterocycles. The predicted molar refractivity (Wildman–Crippen MR) is 116 cm³/mol. The van der Waals surface area contributed by atoms with E-state index in [2.05, 4.69) is 17.1 Å². The van der Waals surface area contributed by atoms with E-state index in [1.165, 1.54) is 4.90 Å². The van der Waals surface area contributed by atoms with Crippen LogP contribution in [0.3, 0.4) is 0 Å². The first-order valence-corrected chi connectivity index (χ1v) is 10.4. The summed E-state index contributed by atoms with van der Waals surface area (Å²) in [5.74, 6) is -0.725. The van der Waals surface area contributed by atoms with E-state index in [9.17, 15) is 14.7 Å². The Morgan fingerprint density at radius 1 is 1.47 bits per heavy atom. The van der Waals surface area contributed by atoms with Gasteiger partial charge in [0.1, 0.15) is 17.7 Å². The molecule has 1 fully saturated rings. The molecular formula is C22H30ClN3O4.